The van der Waals surface area contributed by atoms with Crippen molar-refractivity contribution < 1.29 is 13.2 Å². The number of carbonyl (C=O) groups excluding carboxylic acids is 1. The summed E-state index contributed by atoms with van der Waals surface area (Å²) in [6.45, 7) is 0.326. The summed E-state index contributed by atoms with van der Waals surface area (Å²) in [6, 6.07) is 9.69. The third kappa shape index (κ3) is 4.55. The second kappa shape index (κ2) is 7.62. The van der Waals surface area contributed by atoms with Crippen LogP contribution in [0.4, 0.5) is 5.82 Å². The largest absolute Gasteiger partial charge is 0.363 e. The van der Waals surface area contributed by atoms with Crippen molar-refractivity contribution in [3.8, 4) is 0 Å². The summed E-state index contributed by atoms with van der Waals surface area (Å²) < 4.78 is 25.5. The Bertz CT molecular complexity index is 864. The monoisotopic (exact) mass is 362 g/mol. The molecule has 2 aromatic rings. The van der Waals surface area contributed by atoms with E-state index >= 15 is 0 Å². The van der Waals surface area contributed by atoms with Gasteiger partial charge in [0.2, 0.25) is 10.0 Å². The molecule has 0 saturated heterocycles. The van der Waals surface area contributed by atoms with Crippen LogP contribution in [0.5, 0.6) is 0 Å². The van der Waals surface area contributed by atoms with Gasteiger partial charge in [0.1, 0.15) is 5.82 Å². The number of nitrogens with one attached hydrogen (secondary N) is 1. The molecule has 1 aromatic heterocycles. The van der Waals surface area contributed by atoms with Crippen molar-refractivity contribution in [3.63, 3.8) is 0 Å². The molecule has 0 saturated carbocycles. The fourth-order valence-corrected chi connectivity index (χ4v) is 3.06. The molecule has 8 heteroatoms. The van der Waals surface area contributed by atoms with Crippen molar-refractivity contribution in [2.75, 3.05) is 33.1 Å². The SMILES string of the molecule is CN(C)c1cc(CNC(=O)c2cccc(S(=O)(=O)N(C)C)c2)ccn1. The summed E-state index contributed by atoms with van der Waals surface area (Å²) in [4.78, 5) is 18.5. The van der Waals surface area contributed by atoms with Gasteiger partial charge in [-0.1, -0.05) is 6.07 Å². The van der Waals surface area contributed by atoms with Crippen LogP contribution < -0.4 is 10.2 Å². The first-order valence-corrected chi connectivity index (χ1v) is 9.09. The third-order valence-corrected chi connectivity index (χ3v) is 5.41. The van der Waals surface area contributed by atoms with E-state index in [1.165, 1.54) is 26.2 Å². The van der Waals surface area contributed by atoms with E-state index in [0.717, 1.165) is 15.7 Å². The minimum absolute atomic E-state index is 0.0870. The quantitative estimate of drug-likeness (QED) is 0.838. The molecular weight excluding hydrogens is 340 g/mol. The third-order valence-electron chi connectivity index (χ3n) is 3.60. The Morgan fingerprint density at radius 2 is 1.84 bits per heavy atom. The van der Waals surface area contributed by atoms with Gasteiger partial charge in [-0.15, -0.1) is 0 Å². The normalized spacial score (nSPS) is 11.4. The Morgan fingerprint density at radius 3 is 2.48 bits per heavy atom. The van der Waals surface area contributed by atoms with E-state index in [9.17, 15) is 13.2 Å². The number of aromatic nitrogens is 1. The summed E-state index contributed by atoms with van der Waals surface area (Å²) in [6.07, 6.45) is 1.68. The van der Waals surface area contributed by atoms with E-state index in [-0.39, 0.29) is 10.8 Å². The zero-order chi connectivity index (χ0) is 18.6. The number of carbonyl (C=O) groups is 1. The van der Waals surface area contributed by atoms with Gasteiger partial charge in [0.25, 0.3) is 5.91 Å². The molecule has 1 N–H and O–H groups in total. The number of pyridine rings is 1. The van der Waals surface area contributed by atoms with Gasteiger partial charge in [-0.2, -0.15) is 0 Å². The average molecular weight is 362 g/mol. The predicted octanol–water partition coefficient (Wildman–Crippen LogP) is 1.33. The molecule has 0 unspecified atom stereocenters. The van der Waals surface area contributed by atoms with Gasteiger partial charge in [0.05, 0.1) is 4.90 Å². The number of nitrogens with zero attached hydrogens (tertiary/aromatic N) is 3. The van der Waals surface area contributed by atoms with Crippen LogP contribution in [0.15, 0.2) is 47.5 Å². The fraction of sp³-hybridized carbons (Fsp3) is 0.294. The molecule has 1 aromatic carbocycles. The second-order valence-corrected chi connectivity index (χ2v) is 8.07. The Morgan fingerprint density at radius 1 is 1.12 bits per heavy atom. The molecule has 0 aliphatic heterocycles. The first kappa shape index (κ1) is 18.9. The van der Waals surface area contributed by atoms with Gasteiger partial charge in [-0.3, -0.25) is 4.79 Å². The average Bonchev–Trinajstić information content (AvgIpc) is 2.59. The topological polar surface area (TPSA) is 82.6 Å². The summed E-state index contributed by atoms with van der Waals surface area (Å²) in [7, 11) is 3.11. The first-order chi connectivity index (χ1) is 11.7. The second-order valence-electron chi connectivity index (χ2n) is 5.91. The maximum absolute atomic E-state index is 12.3. The molecule has 25 heavy (non-hydrogen) atoms. The lowest BCUT2D eigenvalue weighted by molar-refractivity contribution is 0.0950. The van der Waals surface area contributed by atoms with E-state index in [0.29, 0.717) is 12.1 Å². The van der Waals surface area contributed by atoms with Gasteiger partial charge in [0, 0.05) is 46.5 Å². The Labute approximate surface area is 148 Å². The number of sulfonamides is 1. The number of benzene rings is 1. The summed E-state index contributed by atoms with van der Waals surface area (Å²) in [5.74, 6) is 0.463. The van der Waals surface area contributed by atoms with Gasteiger partial charge in [-0.05, 0) is 35.9 Å². The van der Waals surface area contributed by atoms with E-state index in [1.807, 2.05) is 31.1 Å². The molecular formula is C17H22N4O3S. The highest BCUT2D eigenvalue weighted by atomic mass is 32.2. The molecule has 0 aliphatic rings. The minimum Gasteiger partial charge on any atom is -0.363 e. The number of hydrogen-bond donors (Lipinski definition) is 1. The maximum atomic E-state index is 12.3. The summed E-state index contributed by atoms with van der Waals surface area (Å²) in [5.41, 5.74) is 1.20. The molecule has 0 spiro atoms. The molecule has 0 aliphatic carbocycles. The zero-order valence-corrected chi connectivity index (χ0v) is 15.5. The van der Waals surface area contributed by atoms with Crippen molar-refractivity contribution in [2.24, 2.45) is 0 Å². The van der Waals surface area contributed by atoms with Crippen LogP contribution in [-0.2, 0) is 16.6 Å². The molecule has 0 fully saturated rings. The van der Waals surface area contributed by atoms with Crippen LogP contribution in [0.1, 0.15) is 15.9 Å². The highest BCUT2D eigenvalue weighted by molar-refractivity contribution is 7.89. The predicted molar refractivity (Wildman–Crippen MR) is 97.0 cm³/mol. The van der Waals surface area contributed by atoms with Crippen LogP contribution in [0.2, 0.25) is 0 Å². The van der Waals surface area contributed by atoms with Crippen molar-refractivity contribution in [1.29, 1.82) is 0 Å². The van der Waals surface area contributed by atoms with Gasteiger partial charge >= 0.3 is 0 Å². The number of rotatable bonds is 6. The number of hydrogen-bond acceptors (Lipinski definition) is 5. The molecule has 7 nitrogen and oxygen atoms in total. The van der Waals surface area contributed by atoms with Crippen LogP contribution in [-0.4, -0.2) is 51.8 Å². The molecule has 134 valence electrons. The first-order valence-electron chi connectivity index (χ1n) is 7.65. The summed E-state index contributed by atoms with van der Waals surface area (Å²) in [5, 5.41) is 2.80. The van der Waals surface area contributed by atoms with Crippen LogP contribution in [0, 0.1) is 0 Å². The molecule has 0 bridgehead atoms. The lowest BCUT2D eigenvalue weighted by Gasteiger charge is -2.13. The van der Waals surface area contributed by atoms with Crippen molar-refractivity contribution >= 4 is 21.7 Å². The van der Waals surface area contributed by atoms with E-state index < -0.39 is 10.0 Å². The molecule has 0 atom stereocenters. The molecule has 0 radical (unpaired) electrons. The van der Waals surface area contributed by atoms with Crippen LogP contribution >= 0.6 is 0 Å². The van der Waals surface area contributed by atoms with Gasteiger partial charge < -0.3 is 10.2 Å². The van der Waals surface area contributed by atoms with Gasteiger partial charge in [0.15, 0.2) is 0 Å². The van der Waals surface area contributed by atoms with E-state index in [4.69, 9.17) is 0 Å². The number of amides is 1. The molecule has 2 rings (SSSR count). The lowest BCUT2D eigenvalue weighted by Crippen LogP contribution is -2.25. The zero-order valence-electron chi connectivity index (χ0n) is 14.7. The molecule has 1 heterocycles. The minimum atomic E-state index is -3.58. The van der Waals surface area contributed by atoms with E-state index in [1.54, 1.807) is 18.3 Å². The highest BCUT2D eigenvalue weighted by Gasteiger charge is 2.18. The highest BCUT2D eigenvalue weighted by Crippen LogP contribution is 2.15. The van der Waals surface area contributed by atoms with Crippen molar-refractivity contribution in [3.05, 3.63) is 53.7 Å². The lowest BCUT2D eigenvalue weighted by atomic mass is 10.2. The van der Waals surface area contributed by atoms with Crippen molar-refractivity contribution in [1.82, 2.24) is 14.6 Å². The van der Waals surface area contributed by atoms with Crippen LogP contribution in [0.3, 0.4) is 0 Å². The Hall–Kier alpha value is -2.45. The fourth-order valence-electron chi connectivity index (χ4n) is 2.11. The Balaban J connectivity index is 2.13. The molecule has 1 amide bonds. The van der Waals surface area contributed by atoms with E-state index in [2.05, 4.69) is 10.3 Å². The number of anilines is 1. The van der Waals surface area contributed by atoms with Crippen LogP contribution in [0.25, 0.3) is 0 Å². The smallest absolute Gasteiger partial charge is 0.251 e. The standard InChI is InChI=1S/C17H22N4O3S/c1-20(2)16-10-13(8-9-18-16)12-19-17(22)14-6-5-7-15(11-14)25(23,24)21(3)4/h5-11H,12H2,1-4H3,(H,19,22). The summed E-state index contributed by atoms with van der Waals surface area (Å²) >= 11 is 0. The maximum Gasteiger partial charge on any atom is 0.251 e. The Kier molecular flexibility index (Phi) is 5.76. The van der Waals surface area contributed by atoms with Crippen molar-refractivity contribution in [2.45, 2.75) is 11.4 Å². The van der Waals surface area contributed by atoms with Gasteiger partial charge in [-0.25, -0.2) is 17.7 Å².